The molecule has 2 aromatic heterocycles. The first-order valence-electron chi connectivity index (χ1n) is 8.22. The van der Waals surface area contributed by atoms with Gasteiger partial charge < -0.3 is 9.26 Å². The van der Waals surface area contributed by atoms with Crippen molar-refractivity contribution >= 4 is 11.6 Å². The number of hydrogen-bond donors (Lipinski definition) is 0. The zero-order valence-electron chi connectivity index (χ0n) is 13.9. The highest BCUT2D eigenvalue weighted by molar-refractivity contribution is 6.31. The van der Waals surface area contributed by atoms with E-state index in [1.165, 1.54) is 0 Å². The van der Waals surface area contributed by atoms with E-state index in [0.717, 1.165) is 40.7 Å². The van der Waals surface area contributed by atoms with Crippen LogP contribution >= 0.6 is 11.6 Å². The fourth-order valence-corrected chi connectivity index (χ4v) is 3.33. The van der Waals surface area contributed by atoms with E-state index in [4.69, 9.17) is 20.9 Å². The van der Waals surface area contributed by atoms with Crippen LogP contribution in [0.3, 0.4) is 0 Å². The lowest BCUT2D eigenvalue weighted by molar-refractivity contribution is -0.0350. The summed E-state index contributed by atoms with van der Waals surface area (Å²) in [6, 6.07) is 9.80. The highest BCUT2D eigenvalue weighted by Crippen LogP contribution is 2.29. The molecular weight excluding hydrogens is 340 g/mol. The fourth-order valence-electron chi connectivity index (χ4n) is 3.07. The first-order chi connectivity index (χ1) is 12.2. The van der Waals surface area contributed by atoms with Gasteiger partial charge in [0.15, 0.2) is 5.76 Å². The molecule has 1 unspecified atom stereocenters. The molecule has 1 aromatic carbocycles. The summed E-state index contributed by atoms with van der Waals surface area (Å²) in [5, 5.41) is 9.06. The molecule has 1 aliphatic rings. The first kappa shape index (κ1) is 16.3. The van der Waals surface area contributed by atoms with E-state index in [2.05, 4.69) is 15.2 Å². The summed E-state index contributed by atoms with van der Waals surface area (Å²) in [6.07, 6.45) is 3.68. The second-order valence-corrected chi connectivity index (χ2v) is 6.60. The summed E-state index contributed by atoms with van der Waals surface area (Å²) in [6.45, 7) is 2.98. The Bertz CT molecular complexity index is 860. The molecule has 3 aromatic rings. The van der Waals surface area contributed by atoms with Gasteiger partial charge in [0.1, 0.15) is 5.69 Å². The maximum atomic E-state index is 6.30. The number of benzene rings is 1. The molecule has 0 radical (unpaired) electrons. The molecule has 3 heterocycles. The molecule has 0 bridgehead atoms. The van der Waals surface area contributed by atoms with Gasteiger partial charge in [0, 0.05) is 48.5 Å². The van der Waals surface area contributed by atoms with Gasteiger partial charge in [-0.15, -0.1) is 0 Å². The van der Waals surface area contributed by atoms with Gasteiger partial charge in [-0.05, 0) is 6.07 Å². The Morgan fingerprint density at radius 1 is 1.32 bits per heavy atom. The van der Waals surface area contributed by atoms with Crippen LogP contribution in [0.2, 0.25) is 5.02 Å². The van der Waals surface area contributed by atoms with Crippen molar-refractivity contribution in [3.63, 3.8) is 0 Å². The van der Waals surface area contributed by atoms with Gasteiger partial charge in [0.2, 0.25) is 0 Å². The molecule has 25 heavy (non-hydrogen) atoms. The van der Waals surface area contributed by atoms with Crippen LogP contribution in [0.1, 0.15) is 17.4 Å². The van der Waals surface area contributed by atoms with Crippen LogP contribution < -0.4 is 0 Å². The van der Waals surface area contributed by atoms with Crippen LogP contribution in [0.25, 0.3) is 11.3 Å². The van der Waals surface area contributed by atoms with Crippen molar-refractivity contribution in [1.29, 1.82) is 0 Å². The van der Waals surface area contributed by atoms with Gasteiger partial charge in [0.25, 0.3) is 0 Å². The van der Waals surface area contributed by atoms with Gasteiger partial charge in [-0.25, -0.2) is 0 Å². The molecule has 1 aliphatic heterocycles. The lowest BCUT2D eigenvalue weighted by Crippen LogP contribution is -2.37. The zero-order valence-corrected chi connectivity index (χ0v) is 14.7. The Morgan fingerprint density at radius 2 is 2.20 bits per heavy atom. The van der Waals surface area contributed by atoms with Gasteiger partial charge in [-0.3, -0.25) is 9.58 Å². The highest BCUT2D eigenvalue weighted by atomic mass is 35.5. The normalized spacial score (nSPS) is 18.6. The van der Waals surface area contributed by atoms with Crippen molar-refractivity contribution in [3.05, 3.63) is 59.1 Å². The summed E-state index contributed by atoms with van der Waals surface area (Å²) in [7, 11) is 1.88. The predicted octanol–water partition coefficient (Wildman–Crippen LogP) is 3.30. The summed E-state index contributed by atoms with van der Waals surface area (Å²) in [5.74, 6) is 0.832. The van der Waals surface area contributed by atoms with Crippen molar-refractivity contribution in [2.45, 2.75) is 12.6 Å². The fraction of sp³-hybridized carbons (Fsp3) is 0.333. The van der Waals surface area contributed by atoms with Crippen LogP contribution in [-0.4, -0.2) is 39.5 Å². The van der Waals surface area contributed by atoms with E-state index >= 15 is 0 Å². The Morgan fingerprint density at radius 3 is 3.00 bits per heavy atom. The summed E-state index contributed by atoms with van der Waals surface area (Å²) in [5.41, 5.74) is 2.79. The minimum absolute atomic E-state index is 0.0248. The molecular formula is C18H19ClN4O2. The number of aromatic nitrogens is 3. The SMILES string of the molecule is Cn1cc(-c2cc(CN3CCOC(c4ccccc4Cl)C3)on2)cn1. The average Bonchev–Trinajstić information content (AvgIpc) is 3.24. The van der Waals surface area contributed by atoms with Gasteiger partial charge in [-0.2, -0.15) is 5.10 Å². The van der Waals surface area contributed by atoms with Gasteiger partial charge >= 0.3 is 0 Å². The van der Waals surface area contributed by atoms with Crippen molar-refractivity contribution in [1.82, 2.24) is 19.8 Å². The van der Waals surface area contributed by atoms with Crippen LogP contribution in [0.4, 0.5) is 0 Å². The van der Waals surface area contributed by atoms with Crippen LogP contribution in [0, 0.1) is 0 Å². The molecule has 0 spiro atoms. The molecule has 0 saturated carbocycles. The number of halogens is 1. The summed E-state index contributed by atoms with van der Waals surface area (Å²) >= 11 is 6.30. The number of ether oxygens (including phenoxy) is 1. The van der Waals surface area contributed by atoms with E-state index in [1.54, 1.807) is 10.9 Å². The van der Waals surface area contributed by atoms with Gasteiger partial charge in [-0.1, -0.05) is 35.0 Å². The minimum Gasteiger partial charge on any atom is -0.371 e. The third-order valence-electron chi connectivity index (χ3n) is 4.34. The Labute approximate surface area is 150 Å². The average molecular weight is 359 g/mol. The second kappa shape index (κ2) is 7.00. The lowest BCUT2D eigenvalue weighted by Gasteiger charge is -2.32. The van der Waals surface area contributed by atoms with E-state index in [0.29, 0.717) is 13.2 Å². The molecule has 0 aliphatic carbocycles. The smallest absolute Gasteiger partial charge is 0.151 e. The topological polar surface area (TPSA) is 56.3 Å². The van der Waals surface area contributed by atoms with E-state index in [1.807, 2.05) is 43.6 Å². The molecule has 6 nitrogen and oxygen atoms in total. The first-order valence-corrected chi connectivity index (χ1v) is 8.60. The maximum Gasteiger partial charge on any atom is 0.151 e. The number of rotatable bonds is 4. The molecule has 1 fully saturated rings. The molecule has 0 amide bonds. The Hall–Kier alpha value is -2.15. The highest BCUT2D eigenvalue weighted by Gasteiger charge is 2.24. The second-order valence-electron chi connectivity index (χ2n) is 6.20. The van der Waals surface area contributed by atoms with Crippen molar-refractivity contribution in [2.24, 2.45) is 7.05 Å². The van der Waals surface area contributed by atoms with E-state index < -0.39 is 0 Å². The van der Waals surface area contributed by atoms with E-state index in [9.17, 15) is 0 Å². The van der Waals surface area contributed by atoms with Crippen LogP contribution in [0.15, 0.2) is 47.2 Å². The number of nitrogens with zero attached hydrogens (tertiary/aromatic N) is 4. The summed E-state index contributed by atoms with van der Waals surface area (Å²) in [4.78, 5) is 2.30. The van der Waals surface area contributed by atoms with Crippen LogP contribution in [-0.2, 0) is 18.3 Å². The third-order valence-corrected chi connectivity index (χ3v) is 4.69. The molecule has 1 saturated heterocycles. The quantitative estimate of drug-likeness (QED) is 0.716. The third kappa shape index (κ3) is 3.61. The Kier molecular flexibility index (Phi) is 4.57. The van der Waals surface area contributed by atoms with Crippen molar-refractivity contribution in [3.8, 4) is 11.3 Å². The Balaban J connectivity index is 1.44. The minimum atomic E-state index is -0.0248. The standard InChI is InChI=1S/C18H19ClN4O2/c1-22-10-13(9-20-22)17-8-14(25-21-17)11-23-6-7-24-18(12-23)15-4-2-3-5-16(15)19/h2-5,8-10,18H,6-7,11-12H2,1H3. The predicted molar refractivity (Wildman–Crippen MR) is 94.1 cm³/mol. The molecule has 7 heteroatoms. The van der Waals surface area contributed by atoms with Crippen molar-refractivity contribution < 1.29 is 9.26 Å². The number of aryl methyl sites for hydroxylation is 1. The molecule has 130 valence electrons. The monoisotopic (exact) mass is 358 g/mol. The summed E-state index contributed by atoms with van der Waals surface area (Å²) < 4.78 is 13.2. The van der Waals surface area contributed by atoms with Gasteiger partial charge in [0.05, 0.1) is 25.5 Å². The van der Waals surface area contributed by atoms with Crippen molar-refractivity contribution in [2.75, 3.05) is 19.7 Å². The number of hydrogen-bond acceptors (Lipinski definition) is 5. The lowest BCUT2D eigenvalue weighted by atomic mass is 10.1. The molecule has 0 N–H and O–H groups in total. The number of morpholine rings is 1. The largest absolute Gasteiger partial charge is 0.371 e. The van der Waals surface area contributed by atoms with E-state index in [-0.39, 0.29) is 6.10 Å². The molecule has 1 atom stereocenters. The molecule has 4 rings (SSSR count). The zero-order chi connectivity index (χ0) is 17.2. The maximum absolute atomic E-state index is 6.30. The van der Waals surface area contributed by atoms with Crippen LogP contribution in [0.5, 0.6) is 0 Å².